The van der Waals surface area contributed by atoms with Gasteiger partial charge in [0.2, 0.25) is 10.0 Å². The number of nitrogens with zero attached hydrogens (tertiary/aromatic N) is 4. The normalized spacial score (nSPS) is 24.6. The molecule has 0 bridgehead atoms. The summed E-state index contributed by atoms with van der Waals surface area (Å²) in [7, 11) is 0.914. The lowest BCUT2D eigenvalue weighted by Crippen LogP contribution is -2.38. The molecule has 1 aromatic heterocycles. The lowest BCUT2D eigenvalue weighted by atomic mass is 10.1. The van der Waals surface area contributed by atoms with Gasteiger partial charge in [-0.05, 0) is 26.9 Å². The van der Waals surface area contributed by atoms with Crippen molar-refractivity contribution < 1.29 is 8.42 Å². The smallest absolute Gasteiger partial charge is 0.217 e. The molecule has 0 aromatic carbocycles. The highest BCUT2D eigenvalue weighted by Gasteiger charge is 2.41. The molecule has 1 aliphatic carbocycles. The second kappa shape index (κ2) is 5.13. The van der Waals surface area contributed by atoms with Gasteiger partial charge in [-0.25, -0.2) is 13.4 Å². The summed E-state index contributed by atoms with van der Waals surface area (Å²) in [5.41, 5.74) is 0. The first-order valence-electron chi connectivity index (χ1n) is 7.10. The van der Waals surface area contributed by atoms with E-state index in [1.807, 2.05) is 20.3 Å². The van der Waals surface area contributed by atoms with Crippen LogP contribution in [0, 0.1) is 5.92 Å². The number of imidazole rings is 1. The molecule has 112 valence electrons. The fraction of sp³-hybridized carbons (Fsp3) is 0.769. The number of fused-ring (bicyclic) bond motifs is 1. The van der Waals surface area contributed by atoms with Gasteiger partial charge in [0.15, 0.2) is 0 Å². The quantitative estimate of drug-likeness (QED) is 0.806. The van der Waals surface area contributed by atoms with E-state index in [-0.39, 0.29) is 5.25 Å². The van der Waals surface area contributed by atoms with Crippen molar-refractivity contribution in [3.8, 4) is 0 Å². The lowest BCUT2D eigenvalue weighted by Gasteiger charge is -2.25. The Hall–Kier alpha value is -0.920. The Kier molecular flexibility index (Phi) is 3.60. The largest absolute Gasteiger partial charge is 0.333 e. The minimum absolute atomic E-state index is 0.149. The van der Waals surface area contributed by atoms with Crippen LogP contribution in [0.15, 0.2) is 12.4 Å². The highest BCUT2D eigenvalue weighted by atomic mass is 32.2. The van der Waals surface area contributed by atoms with E-state index in [2.05, 4.69) is 14.5 Å². The van der Waals surface area contributed by atoms with Gasteiger partial charge in [0.25, 0.3) is 0 Å². The SMILES string of the molecule is CN(C)C[C@@H]1CN(S(=O)(=O)C2CC2)Cc2nccn2C1. The summed E-state index contributed by atoms with van der Waals surface area (Å²) in [4.78, 5) is 6.44. The highest BCUT2D eigenvalue weighted by molar-refractivity contribution is 7.90. The molecule has 0 radical (unpaired) electrons. The standard InChI is InChI=1S/C13H22N4O2S/c1-15(2)7-11-8-16-6-5-14-13(16)10-17(9-11)20(18,19)12-3-4-12/h5-6,11-12H,3-4,7-10H2,1-2H3/t11-/m0/s1. The monoisotopic (exact) mass is 298 g/mol. The first kappa shape index (κ1) is 14.0. The van der Waals surface area contributed by atoms with Crippen molar-refractivity contribution in [3.05, 3.63) is 18.2 Å². The molecule has 0 spiro atoms. The molecule has 2 heterocycles. The van der Waals surface area contributed by atoms with E-state index in [9.17, 15) is 8.42 Å². The molecule has 0 saturated heterocycles. The molecule has 0 N–H and O–H groups in total. The highest BCUT2D eigenvalue weighted by Crippen LogP contribution is 2.33. The van der Waals surface area contributed by atoms with Crippen molar-refractivity contribution in [1.29, 1.82) is 0 Å². The molecule has 20 heavy (non-hydrogen) atoms. The third kappa shape index (κ3) is 2.75. The van der Waals surface area contributed by atoms with E-state index in [0.717, 1.165) is 31.8 Å². The van der Waals surface area contributed by atoms with Crippen LogP contribution in [0.4, 0.5) is 0 Å². The minimum Gasteiger partial charge on any atom is -0.333 e. The van der Waals surface area contributed by atoms with Gasteiger partial charge in [0.1, 0.15) is 5.82 Å². The predicted molar refractivity (Wildman–Crippen MR) is 76.6 cm³/mol. The van der Waals surface area contributed by atoms with Crippen LogP contribution in [0.3, 0.4) is 0 Å². The Morgan fingerprint density at radius 1 is 1.35 bits per heavy atom. The first-order valence-corrected chi connectivity index (χ1v) is 8.61. The maximum absolute atomic E-state index is 12.5. The van der Waals surface area contributed by atoms with Crippen molar-refractivity contribution in [2.75, 3.05) is 27.2 Å². The molecule has 1 fully saturated rings. The van der Waals surface area contributed by atoms with Gasteiger partial charge in [-0.1, -0.05) is 0 Å². The third-order valence-electron chi connectivity index (χ3n) is 3.97. The van der Waals surface area contributed by atoms with Gasteiger partial charge in [0, 0.05) is 37.9 Å². The minimum atomic E-state index is -3.14. The van der Waals surface area contributed by atoms with Crippen LogP contribution in [0.2, 0.25) is 0 Å². The molecule has 7 heteroatoms. The molecule has 0 unspecified atom stereocenters. The Morgan fingerprint density at radius 2 is 2.10 bits per heavy atom. The summed E-state index contributed by atoms with van der Waals surface area (Å²) >= 11 is 0. The molecule has 1 aliphatic heterocycles. The van der Waals surface area contributed by atoms with Crippen LogP contribution < -0.4 is 0 Å². The van der Waals surface area contributed by atoms with E-state index in [0.29, 0.717) is 19.0 Å². The van der Waals surface area contributed by atoms with Crippen LogP contribution in [-0.2, 0) is 23.1 Å². The van der Waals surface area contributed by atoms with Gasteiger partial charge < -0.3 is 9.47 Å². The maximum atomic E-state index is 12.5. The van der Waals surface area contributed by atoms with E-state index < -0.39 is 10.0 Å². The molecule has 1 saturated carbocycles. The van der Waals surface area contributed by atoms with Gasteiger partial charge >= 0.3 is 0 Å². The zero-order chi connectivity index (χ0) is 14.3. The average molecular weight is 298 g/mol. The number of sulfonamides is 1. The van der Waals surface area contributed by atoms with Crippen molar-refractivity contribution >= 4 is 10.0 Å². The van der Waals surface area contributed by atoms with E-state index in [4.69, 9.17) is 0 Å². The first-order chi connectivity index (χ1) is 9.46. The van der Waals surface area contributed by atoms with Crippen molar-refractivity contribution in [3.63, 3.8) is 0 Å². The van der Waals surface area contributed by atoms with Crippen molar-refractivity contribution in [2.45, 2.75) is 31.2 Å². The van der Waals surface area contributed by atoms with Crippen LogP contribution in [0.5, 0.6) is 0 Å². The van der Waals surface area contributed by atoms with Crippen LogP contribution in [0.25, 0.3) is 0 Å². The Labute approximate surface area is 120 Å². The number of hydrogen-bond acceptors (Lipinski definition) is 4. The van der Waals surface area contributed by atoms with Crippen LogP contribution in [-0.4, -0.2) is 59.6 Å². The molecule has 2 aliphatic rings. The van der Waals surface area contributed by atoms with Gasteiger partial charge in [-0.3, -0.25) is 0 Å². The molecular formula is C13H22N4O2S. The Bertz CT molecular complexity index is 577. The van der Waals surface area contributed by atoms with E-state index >= 15 is 0 Å². The summed E-state index contributed by atoms with van der Waals surface area (Å²) in [6.07, 6.45) is 5.33. The molecule has 1 aromatic rings. The molecular weight excluding hydrogens is 276 g/mol. The summed E-state index contributed by atoms with van der Waals surface area (Å²) in [5, 5.41) is -0.149. The Morgan fingerprint density at radius 3 is 2.75 bits per heavy atom. The fourth-order valence-corrected chi connectivity index (χ4v) is 4.77. The number of hydrogen-bond donors (Lipinski definition) is 0. The number of rotatable bonds is 4. The van der Waals surface area contributed by atoms with Crippen molar-refractivity contribution in [1.82, 2.24) is 18.8 Å². The summed E-state index contributed by atoms with van der Waals surface area (Å²) in [6.45, 7) is 2.73. The summed E-state index contributed by atoms with van der Waals surface area (Å²) < 4.78 is 28.8. The zero-order valence-electron chi connectivity index (χ0n) is 12.1. The topological polar surface area (TPSA) is 58.4 Å². The molecule has 0 amide bonds. The van der Waals surface area contributed by atoms with Gasteiger partial charge in [-0.2, -0.15) is 4.31 Å². The van der Waals surface area contributed by atoms with E-state index in [1.54, 1.807) is 10.5 Å². The summed E-state index contributed by atoms with van der Waals surface area (Å²) in [6, 6.07) is 0. The lowest BCUT2D eigenvalue weighted by molar-refractivity contribution is 0.264. The molecule has 1 atom stereocenters. The van der Waals surface area contributed by atoms with Gasteiger partial charge in [0.05, 0.1) is 11.8 Å². The predicted octanol–water partition coefficient (Wildman–Crippen LogP) is 0.369. The Balaban J connectivity index is 1.87. The zero-order valence-corrected chi connectivity index (χ0v) is 12.9. The van der Waals surface area contributed by atoms with E-state index in [1.165, 1.54) is 0 Å². The average Bonchev–Trinajstić information content (AvgIpc) is 3.14. The van der Waals surface area contributed by atoms with Crippen LogP contribution >= 0.6 is 0 Å². The van der Waals surface area contributed by atoms with Crippen LogP contribution in [0.1, 0.15) is 18.7 Å². The third-order valence-corrected chi connectivity index (χ3v) is 6.28. The second-order valence-corrected chi connectivity index (χ2v) is 8.37. The molecule has 3 rings (SSSR count). The molecule has 6 nitrogen and oxygen atoms in total. The second-order valence-electron chi connectivity index (χ2n) is 6.16. The van der Waals surface area contributed by atoms with Gasteiger partial charge in [-0.15, -0.1) is 0 Å². The fourth-order valence-electron chi connectivity index (χ4n) is 2.91. The number of aromatic nitrogens is 2. The maximum Gasteiger partial charge on any atom is 0.217 e. The summed E-state index contributed by atoms with van der Waals surface area (Å²) in [5.74, 6) is 1.16. The van der Waals surface area contributed by atoms with Crippen molar-refractivity contribution in [2.24, 2.45) is 5.92 Å².